The van der Waals surface area contributed by atoms with E-state index in [1.165, 1.54) is 5.56 Å². The lowest BCUT2D eigenvalue weighted by Crippen LogP contribution is -2.51. The molecule has 0 saturated carbocycles. The standard InChI is InChI=1S/C20H31N3O3S.ClH/c1-3-10-23(17-9-11-27(25,26)14-17)20(24)15(2)22-12-18(19(21)13-22)16-7-5-4-6-8-16;/h4-8,15,17-19H,3,9-14,21H2,1-2H3;1H/t15?,17?,18-,19+;/m0./s1. The Morgan fingerprint density at radius 2 is 1.96 bits per heavy atom. The third-order valence-electron chi connectivity index (χ3n) is 5.92. The zero-order valence-corrected chi connectivity index (χ0v) is 18.3. The maximum Gasteiger partial charge on any atom is 0.239 e. The molecule has 3 rings (SSSR count). The highest BCUT2D eigenvalue weighted by Crippen LogP contribution is 2.29. The third-order valence-corrected chi connectivity index (χ3v) is 7.67. The smallest absolute Gasteiger partial charge is 0.239 e. The van der Waals surface area contributed by atoms with E-state index >= 15 is 0 Å². The van der Waals surface area contributed by atoms with Gasteiger partial charge < -0.3 is 10.6 Å². The molecular formula is C20H32ClN3O3S. The number of halogens is 1. The van der Waals surface area contributed by atoms with Crippen LogP contribution in [-0.4, -0.2) is 73.4 Å². The number of nitrogens with two attached hydrogens (primary N) is 1. The molecule has 0 aromatic heterocycles. The van der Waals surface area contributed by atoms with Gasteiger partial charge in [0, 0.05) is 37.6 Å². The maximum absolute atomic E-state index is 13.2. The van der Waals surface area contributed by atoms with Crippen LogP contribution in [0.4, 0.5) is 0 Å². The lowest BCUT2D eigenvalue weighted by Gasteiger charge is -2.33. The van der Waals surface area contributed by atoms with Crippen molar-refractivity contribution in [1.82, 2.24) is 9.80 Å². The van der Waals surface area contributed by atoms with Gasteiger partial charge in [-0.2, -0.15) is 0 Å². The molecule has 6 nitrogen and oxygen atoms in total. The zero-order valence-electron chi connectivity index (χ0n) is 16.7. The van der Waals surface area contributed by atoms with E-state index in [9.17, 15) is 13.2 Å². The first-order chi connectivity index (χ1) is 12.8. The minimum atomic E-state index is -3.02. The van der Waals surface area contributed by atoms with Crippen LogP contribution in [0.5, 0.6) is 0 Å². The van der Waals surface area contributed by atoms with Crippen LogP contribution in [0.15, 0.2) is 30.3 Å². The number of benzene rings is 1. The van der Waals surface area contributed by atoms with E-state index in [4.69, 9.17) is 5.73 Å². The SMILES string of the molecule is CCCN(C(=O)C(C)N1C[C@@H](N)[C@H](c2ccccc2)C1)C1CCS(=O)(=O)C1.Cl. The fourth-order valence-corrected chi connectivity index (χ4v) is 6.09. The van der Waals surface area contributed by atoms with Gasteiger partial charge in [-0.15, -0.1) is 12.4 Å². The number of nitrogens with zero attached hydrogens (tertiary/aromatic N) is 2. The Balaban J connectivity index is 0.00000280. The van der Waals surface area contributed by atoms with E-state index < -0.39 is 9.84 Å². The maximum atomic E-state index is 13.2. The summed E-state index contributed by atoms with van der Waals surface area (Å²) in [5, 5.41) is 0. The molecule has 2 aliphatic heterocycles. The number of carbonyl (C=O) groups is 1. The van der Waals surface area contributed by atoms with Crippen molar-refractivity contribution in [1.29, 1.82) is 0 Å². The molecule has 28 heavy (non-hydrogen) atoms. The predicted molar refractivity (Wildman–Crippen MR) is 115 cm³/mol. The Hall–Kier alpha value is -1.15. The molecule has 4 atom stereocenters. The molecule has 8 heteroatoms. The molecule has 1 aromatic rings. The van der Waals surface area contributed by atoms with Crippen molar-refractivity contribution in [2.24, 2.45) is 5.73 Å². The molecule has 2 unspecified atom stereocenters. The van der Waals surface area contributed by atoms with Crippen molar-refractivity contribution in [3.63, 3.8) is 0 Å². The Kier molecular flexibility index (Phi) is 7.90. The molecule has 0 spiro atoms. The summed E-state index contributed by atoms with van der Waals surface area (Å²) in [5.41, 5.74) is 7.59. The first kappa shape index (κ1) is 23.1. The molecule has 2 saturated heterocycles. The number of carbonyl (C=O) groups excluding carboxylic acids is 1. The normalized spacial score (nSPS) is 27.9. The van der Waals surface area contributed by atoms with Gasteiger partial charge in [-0.05, 0) is 25.3 Å². The van der Waals surface area contributed by atoms with E-state index in [2.05, 4.69) is 17.0 Å². The summed E-state index contributed by atoms with van der Waals surface area (Å²) in [7, 11) is -3.02. The van der Waals surface area contributed by atoms with Gasteiger partial charge in [0.1, 0.15) is 0 Å². The van der Waals surface area contributed by atoms with Crippen molar-refractivity contribution < 1.29 is 13.2 Å². The van der Waals surface area contributed by atoms with Gasteiger partial charge in [-0.1, -0.05) is 37.3 Å². The second-order valence-electron chi connectivity index (χ2n) is 7.90. The molecule has 1 amide bonds. The lowest BCUT2D eigenvalue weighted by atomic mass is 9.95. The number of rotatable bonds is 6. The van der Waals surface area contributed by atoms with Gasteiger partial charge in [0.25, 0.3) is 0 Å². The molecule has 158 valence electrons. The summed E-state index contributed by atoms with van der Waals surface area (Å²) < 4.78 is 23.8. The van der Waals surface area contributed by atoms with Gasteiger partial charge in [0.2, 0.25) is 5.91 Å². The Morgan fingerprint density at radius 1 is 1.29 bits per heavy atom. The Morgan fingerprint density at radius 3 is 2.54 bits per heavy atom. The van der Waals surface area contributed by atoms with Crippen LogP contribution in [-0.2, 0) is 14.6 Å². The monoisotopic (exact) mass is 429 g/mol. The van der Waals surface area contributed by atoms with Gasteiger partial charge in [-0.3, -0.25) is 9.69 Å². The number of hydrogen-bond acceptors (Lipinski definition) is 5. The van der Waals surface area contributed by atoms with E-state index in [1.54, 1.807) is 4.90 Å². The van der Waals surface area contributed by atoms with Crippen LogP contribution in [0.3, 0.4) is 0 Å². The van der Waals surface area contributed by atoms with Crippen molar-refractivity contribution >= 4 is 28.2 Å². The highest BCUT2D eigenvalue weighted by atomic mass is 35.5. The van der Waals surface area contributed by atoms with Crippen molar-refractivity contribution in [2.45, 2.75) is 50.7 Å². The summed E-state index contributed by atoms with van der Waals surface area (Å²) in [6.45, 7) is 5.97. The number of amides is 1. The van der Waals surface area contributed by atoms with Crippen molar-refractivity contribution in [2.75, 3.05) is 31.1 Å². The van der Waals surface area contributed by atoms with Crippen LogP contribution < -0.4 is 5.73 Å². The van der Waals surface area contributed by atoms with E-state index in [1.807, 2.05) is 32.0 Å². The third kappa shape index (κ3) is 5.06. The summed E-state index contributed by atoms with van der Waals surface area (Å²) >= 11 is 0. The minimum absolute atomic E-state index is 0. The topological polar surface area (TPSA) is 83.7 Å². The van der Waals surface area contributed by atoms with Gasteiger partial charge in [0.05, 0.1) is 17.5 Å². The molecule has 2 fully saturated rings. The first-order valence-electron chi connectivity index (χ1n) is 9.88. The average molecular weight is 430 g/mol. The summed E-state index contributed by atoms with van der Waals surface area (Å²) in [6.07, 6.45) is 1.37. The molecule has 0 aliphatic carbocycles. The quantitative estimate of drug-likeness (QED) is 0.743. The second-order valence-corrected chi connectivity index (χ2v) is 10.1. The fourth-order valence-electron chi connectivity index (χ4n) is 4.36. The average Bonchev–Trinajstić information content (AvgIpc) is 3.21. The van der Waals surface area contributed by atoms with Gasteiger partial charge in [0.15, 0.2) is 9.84 Å². The first-order valence-corrected chi connectivity index (χ1v) is 11.7. The second kappa shape index (κ2) is 9.57. The summed E-state index contributed by atoms with van der Waals surface area (Å²) in [6, 6.07) is 9.72. The van der Waals surface area contributed by atoms with E-state index in [0.717, 1.165) is 13.0 Å². The number of hydrogen-bond donors (Lipinski definition) is 1. The number of likely N-dealkylation sites (tertiary alicyclic amines) is 1. The fraction of sp³-hybridized carbons (Fsp3) is 0.650. The highest BCUT2D eigenvalue weighted by molar-refractivity contribution is 7.91. The van der Waals surface area contributed by atoms with Crippen molar-refractivity contribution in [3.8, 4) is 0 Å². The van der Waals surface area contributed by atoms with Gasteiger partial charge >= 0.3 is 0 Å². The van der Waals surface area contributed by atoms with E-state index in [0.29, 0.717) is 19.5 Å². The predicted octanol–water partition coefficient (Wildman–Crippen LogP) is 1.65. The molecule has 0 bridgehead atoms. The Labute approximate surface area is 174 Å². The van der Waals surface area contributed by atoms with Crippen LogP contribution in [0.2, 0.25) is 0 Å². The molecular weight excluding hydrogens is 398 g/mol. The molecule has 2 aliphatic rings. The molecule has 1 aromatic carbocycles. The van der Waals surface area contributed by atoms with Crippen LogP contribution in [0, 0.1) is 0 Å². The highest BCUT2D eigenvalue weighted by Gasteiger charge is 2.40. The van der Waals surface area contributed by atoms with E-state index in [-0.39, 0.29) is 53.9 Å². The number of sulfone groups is 1. The van der Waals surface area contributed by atoms with Gasteiger partial charge in [-0.25, -0.2) is 8.42 Å². The summed E-state index contributed by atoms with van der Waals surface area (Å²) in [5.74, 6) is 0.523. The van der Waals surface area contributed by atoms with Crippen LogP contribution >= 0.6 is 12.4 Å². The molecule has 2 N–H and O–H groups in total. The van der Waals surface area contributed by atoms with Crippen LogP contribution in [0.25, 0.3) is 0 Å². The minimum Gasteiger partial charge on any atom is -0.337 e. The van der Waals surface area contributed by atoms with Crippen molar-refractivity contribution in [3.05, 3.63) is 35.9 Å². The molecule has 2 heterocycles. The molecule has 0 radical (unpaired) electrons. The summed E-state index contributed by atoms with van der Waals surface area (Å²) in [4.78, 5) is 17.2. The lowest BCUT2D eigenvalue weighted by molar-refractivity contribution is -0.138. The zero-order chi connectivity index (χ0) is 19.6. The largest absolute Gasteiger partial charge is 0.337 e. The Bertz CT molecular complexity index is 759. The van der Waals surface area contributed by atoms with Crippen LogP contribution in [0.1, 0.15) is 38.2 Å².